The smallest absolute Gasteiger partial charge is 0.0145 e. The lowest BCUT2D eigenvalue weighted by Gasteiger charge is -2.36. The lowest BCUT2D eigenvalue weighted by Crippen LogP contribution is -2.29. The molecule has 0 radical (unpaired) electrons. The Morgan fingerprint density at radius 1 is 1.18 bits per heavy atom. The highest BCUT2D eigenvalue weighted by atomic mass is 14.3. The highest BCUT2D eigenvalue weighted by Gasteiger charge is 2.30. The molecule has 0 aliphatic carbocycles. The van der Waals surface area contributed by atoms with Crippen molar-refractivity contribution in [2.75, 3.05) is 0 Å². The fourth-order valence-corrected chi connectivity index (χ4v) is 1.29. The van der Waals surface area contributed by atoms with Gasteiger partial charge in [0.25, 0.3) is 0 Å². The maximum absolute atomic E-state index is 5.34. The van der Waals surface area contributed by atoms with Crippen LogP contribution < -0.4 is 0 Å². The Morgan fingerprint density at radius 3 is 1.64 bits per heavy atom. The first-order valence-electron chi connectivity index (χ1n) is 4.38. The fraction of sp³-hybridized carbons (Fsp3) is 0.818. The summed E-state index contributed by atoms with van der Waals surface area (Å²) in [6.07, 6.45) is 6.23. The van der Waals surface area contributed by atoms with E-state index in [2.05, 4.69) is 40.5 Å². The van der Waals surface area contributed by atoms with Crippen LogP contribution in [0.15, 0.2) is 0 Å². The molecule has 0 rings (SSSR count). The molecule has 0 fully saturated rings. The summed E-state index contributed by atoms with van der Waals surface area (Å²) in [6.45, 7) is 11.3. The quantitative estimate of drug-likeness (QED) is 0.544. The second kappa shape index (κ2) is 3.81. The van der Waals surface area contributed by atoms with Gasteiger partial charge in [0.2, 0.25) is 0 Å². The first kappa shape index (κ1) is 10.6. The van der Waals surface area contributed by atoms with Crippen molar-refractivity contribution >= 4 is 0 Å². The number of terminal acetylenes is 1. The zero-order valence-corrected chi connectivity index (χ0v) is 8.44. The molecule has 0 spiro atoms. The van der Waals surface area contributed by atoms with Gasteiger partial charge in [0.05, 0.1) is 0 Å². The molecule has 0 aromatic rings. The van der Waals surface area contributed by atoms with E-state index in [9.17, 15) is 0 Å². The van der Waals surface area contributed by atoms with Gasteiger partial charge in [-0.3, -0.25) is 0 Å². The van der Waals surface area contributed by atoms with E-state index in [-0.39, 0.29) is 0 Å². The van der Waals surface area contributed by atoms with Gasteiger partial charge in [-0.25, -0.2) is 0 Å². The minimum Gasteiger partial charge on any atom is -0.120 e. The number of hydrogen-bond acceptors (Lipinski definition) is 0. The molecule has 0 saturated heterocycles. The second-order valence-electron chi connectivity index (χ2n) is 4.20. The molecule has 64 valence electrons. The van der Waals surface area contributed by atoms with Crippen LogP contribution in [0.2, 0.25) is 0 Å². The molecule has 0 heterocycles. The molecule has 0 nitrogen and oxygen atoms in total. The Bertz CT molecular complexity index is 138. The topological polar surface area (TPSA) is 0 Å². The molecular weight excluding hydrogens is 132 g/mol. The van der Waals surface area contributed by atoms with E-state index in [4.69, 9.17) is 6.42 Å². The molecule has 0 amide bonds. The maximum Gasteiger partial charge on any atom is 0.0145 e. The van der Waals surface area contributed by atoms with Crippen molar-refractivity contribution < 1.29 is 0 Å². The van der Waals surface area contributed by atoms with Gasteiger partial charge in [0, 0.05) is 6.42 Å². The fourth-order valence-electron chi connectivity index (χ4n) is 1.29. The van der Waals surface area contributed by atoms with Crippen LogP contribution in [0.4, 0.5) is 0 Å². The number of hydrogen-bond donors (Lipinski definition) is 0. The van der Waals surface area contributed by atoms with Crippen molar-refractivity contribution in [1.82, 2.24) is 0 Å². The van der Waals surface area contributed by atoms with Gasteiger partial charge in [0.1, 0.15) is 0 Å². The van der Waals surface area contributed by atoms with Crippen LogP contribution in [-0.4, -0.2) is 0 Å². The normalized spacial score (nSPS) is 12.2. The first-order valence-corrected chi connectivity index (χ1v) is 4.38. The van der Waals surface area contributed by atoms with Gasteiger partial charge in [-0.15, -0.1) is 12.3 Å². The van der Waals surface area contributed by atoms with Crippen LogP contribution >= 0.6 is 0 Å². The third kappa shape index (κ3) is 2.26. The Hall–Kier alpha value is -0.440. The van der Waals surface area contributed by atoms with Crippen molar-refractivity contribution in [2.45, 2.75) is 41.0 Å². The van der Waals surface area contributed by atoms with Gasteiger partial charge in [-0.05, 0) is 17.3 Å². The maximum atomic E-state index is 5.34. The summed E-state index contributed by atoms with van der Waals surface area (Å²) in [5.74, 6) is 4.10. The van der Waals surface area contributed by atoms with E-state index in [1.54, 1.807) is 0 Å². The van der Waals surface area contributed by atoms with Crippen molar-refractivity contribution in [1.29, 1.82) is 0 Å². The van der Waals surface area contributed by atoms with Crippen molar-refractivity contribution in [2.24, 2.45) is 17.3 Å². The van der Waals surface area contributed by atoms with Crippen LogP contribution in [0.5, 0.6) is 0 Å². The van der Waals surface area contributed by atoms with Crippen LogP contribution in [-0.2, 0) is 0 Å². The van der Waals surface area contributed by atoms with Crippen LogP contribution in [0.3, 0.4) is 0 Å². The molecular formula is C11H20. The molecule has 0 heteroatoms. The predicted molar refractivity (Wildman–Crippen MR) is 51.2 cm³/mol. The summed E-state index contributed by atoms with van der Waals surface area (Å²) in [5.41, 5.74) is 0.314. The van der Waals surface area contributed by atoms with Crippen molar-refractivity contribution in [3.8, 4) is 12.3 Å². The molecule has 0 N–H and O–H groups in total. The van der Waals surface area contributed by atoms with E-state index in [1.165, 1.54) is 0 Å². The molecule has 0 aliphatic heterocycles. The minimum absolute atomic E-state index is 0.314. The van der Waals surface area contributed by atoms with Gasteiger partial charge < -0.3 is 0 Å². The summed E-state index contributed by atoms with van der Waals surface area (Å²) < 4.78 is 0. The summed E-state index contributed by atoms with van der Waals surface area (Å²) in [5, 5.41) is 0. The van der Waals surface area contributed by atoms with Crippen molar-refractivity contribution in [3.63, 3.8) is 0 Å². The highest BCUT2D eigenvalue weighted by molar-refractivity contribution is 4.95. The van der Waals surface area contributed by atoms with Gasteiger partial charge >= 0.3 is 0 Å². The highest BCUT2D eigenvalue weighted by Crippen LogP contribution is 2.38. The monoisotopic (exact) mass is 152 g/mol. The lowest BCUT2D eigenvalue weighted by atomic mass is 9.69. The van der Waals surface area contributed by atoms with E-state index in [1.807, 2.05) is 0 Å². The largest absolute Gasteiger partial charge is 0.120 e. The molecule has 0 bridgehead atoms. The zero-order chi connectivity index (χ0) is 9.07. The Balaban J connectivity index is 4.41. The summed E-state index contributed by atoms with van der Waals surface area (Å²) in [4.78, 5) is 0. The molecule has 0 aliphatic rings. The van der Waals surface area contributed by atoms with Crippen LogP contribution in [0, 0.1) is 29.6 Å². The van der Waals surface area contributed by atoms with Crippen molar-refractivity contribution in [3.05, 3.63) is 0 Å². The molecule has 11 heavy (non-hydrogen) atoms. The number of rotatable bonds is 3. The first-order chi connectivity index (χ1) is 4.95. The average Bonchev–Trinajstić information content (AvgIpc) is 1.87. The predicted octanol–water partition coefficient (Wildman–Crippen LogP) is 3.33. The van der Waals surface area contributed by atoms with E-state index in [0.717, 1.165) is 6.42 Å². The lowest BCUT2D eigenvalue weighted by molar-refractivity contribution is 0.145. The zero-order valence-electron chi connectivity index (χ0n) is 8.44. The molecule has 0 aromatic carbocycles. The van der Waals surface area contributed by atoms with Crippen LogP contribution in [0.25, 0.3) is 0 Å². The van der Waals surface area contributed by atoms with E-state index in [0.29, 0.717) is 17.3 Å². The minimum atomic E-state index is 0.314. The standard InChI is InChI=1S/C11H20/c1-7-8-11(6,9(2)3)10(4)5/h1,9-10H,8H2,2-6H3. The van der Waals surface area contributed by atoms with Crippen LogP contribution in [0.1, 0.15) is 41.0 Å². The summed E-state index contributed by atoms with van der Waals surface area (Å²) >= 11 is 0. The van der Waals surface area contributed by atoms with E-state index >= 15 is 0 Å². The molecule has 0 aromatic heterocycles. The second-order valence-corrected chi connectivity index (χ2v) is 4.20. The Morgan fingerprint density at radius 2 is 1.55 bits per heavy atom. The molecule has 0 unspecified atom stereocenters. The third-order valence-electron chi connectivity index (χ3n) is 3.12. The van der Waals surface area contributed by atoms with Gasteiger partial charge in [-0.2, -0.15) is 0 Å². The Kier molecular flexibility index (Phi) is 3.66. The summed E-state index contributed by atoms with van der Waals surface area (Å²) in [7, 11) is 0. The third-order valence-corrected chi connectivity index (χ3v) is 3.12. The van der Waals surface area contributed by atoms with Gasteiger partial charge in [-0.1, -0.05) is 34.6 Å². The molecule has 0 atom stereocenters. The SMILES string of the molecule is C#CCC(C)(C(C)C)C(C)C. The van der Waals surface area contributed by atoms with E-state index < -0.39 is 0 Å². The average molecular weight is 152 g/mol. The molecule has 0 saturated carbocycles. The Labute approximate surface area is 71.4 Å². The summed E-state index contributed by atoms with van der Waals surface area (Å²) in [6, 6.07) is 0. The van der Waals surface area contributed by atoms with Gasteiger partial charge in [0.15, 0.2) is 0 Å².